The van der Waals surface area contributed by atoms with Crippen molar-refractivity contribution in [2.75, 3.05) is 5.75 Å². The molecule has 4 nitrogen and oxygen atoms in total. The molecule has 23 heavy (non-hydrogen) atoms. The van der Waals surface area contributed by atoms with Crippen LogP contribution >= 0.6 is 23.1 Å². The topological polar surface area (TPSA) is 62.8 Å². The van der Waals surface area contributed by atoms with E-state index in [9.17, 15) is 14.0 Å². The van der Waals surface area contributed by atoms with Gasteiger partial charge in [-0.05, 0) is 43.7 Å². The van der Waals surface area contributed by atoms with E-state index in [0.717, 1.165) is 10.4 Å². The van der Waals surface area contributed by atoms with Crippen molar-refractivity contribution >= 4 is 39.1 Å². The molecule has 3 rings (SSSR count). The number of aryl methyl sites for hydroxylation is 2. The molecule has 7 heteroatoms. The van der Waals surface area contributed by atoms with Gasteiger partial charge in [-0.3, -0.25) is 9.59 Å². The molecule has 0 aliphatic heterocycles. The summed E-state index contributed by atoms with van der Waals surface area (Å²) in [6, 6.07) is 5.40. The van der Waals surface area contributed by atoms with Crippen LogP contribution in [0.25, 0.3) is 10.2 Å². The Morgan fingerprint density at radius 3 is 2.70 bits per heavy atom. The Balaban J connectivity index is 1.81. The summed E-state index contributed by atoms with van der Waals surface area (Å²) in [5.74, 6) is -0.394. The Morgan fingerprint density at radius 1 is 1.30 bits per heavy atom. The quantitative estimate of drug-likeness (QED) is 0.443. The van der Waals surface area contributed by atoms with Crippen LogP contribution in [-0.2, 0) is 0 Å². The highest BCUT2D eigenvalue weighted by Crippen LogP contribution is 2.27. The molecule has 0 bridgehead atoms. The Kier molecular flexibility index (Phi) is 4.32. The molecule has 0 fully saturated rings. The number of aromatic amines is 1. The summed E-state index contributed by atoms with van der Waals surface area (Å²) in [4.78, 5) is 33.1. The van der Waals surface area contributed by atoms with Gasteiger partial charge in [0.15, 0.2) is 10.9 Å². The predicted molar refractivity (Wildman–Crippen MR) is 91.2 cm³/mol. The van der Waals surface area contributed by atoms with Crippen molar-refractivity contribution in [3.8, 4) is 0 Å². The third-order valence-electron chi connectivity index (χ3n) is 3.52. The number of benzene rings is 1. The molecule has 0 amide bonds. The second-order valence-corrected chi connectivity index (χ2v) is 7.22. The molecule has 3 aromatic rings. The molecule has 1 N–H and O–H groups in total. The maximum Gasteiger partial charge on any atom is 0.260 e. The number of halogens is 1. The molecule has 2 aromatic heterocycles. The Bertz CT molecular complexity index is 945. The van der Waals surface area contributed by atoms with E-state index in [0.29, 0.717) is 20.9 Å². The Labute approximate surface area is 139 Å². The second kappa shape index (κ2) is 6.25. The summed E-state index contributed by atoms with van der Waals surface area (Å²) < 4.78 is 12.9. The van der Waals surface area contributed by atoms with Crippen LogP contribution in [0.4, 0.5) is 4.39 Å². The van der Waals surface area contributed by atoms with Crippen molar-refractivity contribution in [1.29, 1.82) is 0 Å². The number of thioether (sulfide) groups is 1. The average Bonchev–Trinajstić information content (AvgIpc) is 2.80. The van der Waals surface area contributed by atoms with Gasteiger partial charge in [-0.2, -0.15) is 0 Å². The van der Waals surface area contributed by atoms with Crippen molar-refractivity contribution in [3.63, 3.8) is 0 Å². The van der Waals surface area contributed by atoms with Crippen molar-refractivity contribution in [3.05, 3.63) is 56.4 Å². The fourth-order valence-corrected chi connectivity index (χ4v) is 4.00. The highest BCUT2D eigenvalue weighted by molar-refractivity contribution is 7.99. The lowest BCUT2D eigenvalue weighted by molar-refractivity contribution is 0.102. The maximum atomic E-state index is 12.9. The number of Topliss-reactive ketones (excluding diaryl/α,β-unsaturated/α-hetero) is 1. The van der Waals surface area contributed by atoms with Gasteiger partial charge < -0.3 is 4.98 Å². The summed E-state index contributed by atoms with van der Waals surface area (Å²) >= 11 is 2.64. The molecule has 0 aliphatic rings. The number of rotatable bonds is 4. The first kappa shape index (κ1) is 15.9. The number of carbonyl (C=O) groups excluding carboxylic acids is 1. The van der Waals surface area contributed by atoms with Gasteiger partial charge in [-0.25, -0.2) is 9.37 Å². The van der Waals surface area contributed by atoms with E-state index in [2.05, 4.69) is 9.97 Å². The van der Waals surface area contributed by atoms with Crippen LogP contribution in [0.3, 0.4) is 0 Å². The highest BCUT2D eigenvalue weighted by atomic mass is 32.2. The summed E-state index contributed by atoms with van der Waals surface area (Å²) in [6.07, 6.45) is 0. The number of thiophene rings is 1. The van der Waals surface area contributed by atoms with Gasteiger partial charge in [0.25, 0.3) is 5.56 Å². The lowest BCUT2D eigenvalue weighted by atomic mass is 10.1. The minimum absolute atomic E-state index is 0.128. The molecule has 0 saturated carbocycles. The van der Waals surface area contributed by atoms with Gasteiger partial charge >= 0.3 is 0 Å². The van der Waals surface area contributed by atoms with Gasteiger partial charge in [0, 0.05) is 10.4 Å². The molecule has 0 radical (unpaired) electrons. The molecule has 118 valence electrons. The van der Waals surface area contributed by atoms with Crippen molar-refractivity contribution in [1.82, 2.24) is 9.97 Å². The van der Waals surface area contributed by atoms with E-state index >= 15 is 0 Å². The van der Waals surface area contributed by atoms with Crippen LogP contribution in [-0.4, -0.2) is 21.5 Å². The first-order chi connectivity index (χ1) is 11.0. The molecule has 2 heterocycles. The lowest BCUT2D eigenvalue weighted by Gasteiger charge is -2.02. The van der Waals surface area contributed by atoms with E-state index in [1.165, 1.54) is 47.4 Å². The van der Waals surface area contributed by atoms with E-state index in [1.54, 1.807) is 0 Å². The van der Waals surface area contributed by atoms with Gasteiger partial charge in [0.1, 0.15) is 10.6 Å². The smallest absolute Gasteiger partial charge is 0.260 e. The summed E-state index contributed by atoms with van der Waals surface area (Å²) in [7, 11) is 0. The number of aromatic nitrogens is 2. The molecule has 0 spiro atoms. The maximum absolute atomic E-state index is 12.9. The first-order valence-corrected chi connectivity index (χ1v) is 8.67. The predicted octanol–water partition coefficient (Wildman–Crippen LogP) is 3.72. The molecule has 0 saturated heterocycles. The molecule has 0 atom stereocenters. The monoisotopic (exact) mass is 348 g/mol. The third-order valence-corrected chi connectivity index (χ3v) is 5.50. The van der Waals surface area contributed by atoms with E-state index < -0.39 is 0 Å². The zero-order valence-corrected chi connectivity index (χ0v) is 14.1. The minimum atomic E-state index is -0.380. The van der Waals surface area contributed by atoms with Gasteiger partial charge in [0.2, 0.25) is 0 Å². The molecular weight excluding hydrogens is 335 g/mol. The summed E-state index contributed by atoms with van der Waals surface area (Å²) in [5.41, 5.74) is 1.19. The summed E-state index contributed by atoms with van der Waals surface area (Å²) in [6.45, 7) is 3.85. The van der Waals surface area contributed by atoms with Crippen molar-refractivity contribution in [2.45, 2.75) is 19.0 Å². The van der Waals surface area contributed by atoms with Crippen LogP contribution in [0.2, 0.25) is 0 Å². The van der Waals surface area contributed by atoms with Gasteiger partial charge in [-0.15, -0.1) is 11.3 Å². The number of ketones is 1. The van der Waals surface area contributed by atoms with Crippen LogP contribution in [0.1, 0.15) is 20.8 Å². The number of hydrogen-bond acceptors (Lipinski definition) is 5. The highest BCUT2D eigenvalue weighted by Gasteiger charge is 2.13. The zero-order valence-electron chi connectivity index (χ0n) is 12.5. The fourth-order valence-electron chi connectivity index (χ4n) is 2.16. The molecule has 0 unspecified atom stereocenters. The zero-order chi connectivity index (χ0) is 16.6. The van der Waals surface area contributed by atoms with E-state index in [-0.39, 0.29) is 22.9 Å². The van der Waals surface area contributed by atoms with E-state index in [1.807, 2.05) is 13.8 Å². The summed E-state index contributed by atoms with van der Waals surface area (Å²) in [5, 5.41) is 1.03. The van der Waals surface area contributed by atoms with Gasteiger partial charge in [-0.1, -0.05) is 11.8 Å². The lowest BCUT2D eigenvalue weighted by Crippen LogP contribution is -2.10. The van der Waals surface area contributed by atoms with Crippen LogP contribution in [0.5, 0.6) is 0 Å². The third kappa shape index (κ3) is 3.20. The number of hydrogen-bond donors (Lipinski definition) is 1. The van der Waals surface area contributed by atoms with E-state index in [4.69, 9.17) is 0 Å². The molecule has 1 aromatic carbocycles. The fraction of sp³-hybridized carbons (Fsp3) is 0.188. The standard InChI is InChI=1S/C16H13FN2O2S2/c1-8-9(2)23-15-13(8)14(21)18-16(19-15)22-7-12(20)10-3-5-11(17)6-4-10/h3-6H,7H2,1-2H3,(H,18,19,21). The minimum Gasteiger partial charge on any atom is -0.301 e. The van der Waals surface area contributed by atoms with Crippen molar-refractivity contribution in [2.24, 2.45) is 0 Å². The number of fused-ring (bicyclic) bond motifs is 1. The number of nitrogens with one attached hydrogen (secondary N) is 1. The first-order valence-electron chi connectivity index (χ1n) is 6.87. The van der Waals surface area contributed by atoms with Crippen LogP contribution in [0.15, 0.2) is 34.2 Å². The number of nitrogens with zero attached hydrogens (tertiary/aromatic N) is 1. The number of H-pyrrole nitrogens is 1. The molecule has 0 aliphatic carbocycles. The largest absolute Gasteiger partial charge is 0.301 e. The Hall–Kier alpha value is -1.99. The molecular formula is C16H13FN2O2S2. The SMILES string of the molecule is Cc1sc2nc(SCC(=O)c3ccc(F)cc3)[nH]c(=O)c2c1C. The number of carbonyl (C=O) groups is 1. The van der Waals surface area contributed by atoms with Crippen LogP contribution in [0, 0.1) is 19.7 Å². The van der Waals surface area contributed by atoms with Crippen LogP contribution < -0.4 is 5.56 Å². The second-order valence-electron chi connectivity index (χ2n) is 5.05. The van der Waals surface area contributed by atoms with Gasteiger partial charge in [0.05, 0.1) is 11.1 Å². The normalized spacial score (nSPS) is 11.1. The van der Waals surface area contributed by atoms with Crippen molar-refractivity contribution < 1.29 is 9.18 Å². The average molecular weight is 348 g/mol. The Morgan fingerprint density at radius 2 is 2.00 bits per heavy atom.